The van der Waals surface area contributed by atoms with Crippen LogP contribution < -0.4 is 24.3 Å². The summed E-state index contributed by atoms with van der Waals surface area (Å²) in [4.78, 5) is 24.6. The number of nitrogens with one attached hydrogen (secondary N) is 1. The van der Waals surface area contributed by atoms with Crippen LogP contribution in [0, 0.1) is 0 Å². The third-order valence-corrected chi connectivity index (χ3v) is 4.21. The summed E-state index contributed by atoms with van der Waals surface area (Å²) >= 11 is 0. The molecule has 0 radical (unpaired) electrons. The van der Waals surface area contributed by atoms with Gasteiger partial charge in [0.25, 0.3) is 0 Å². The van der Waals surface area contributed by atoms with Crippen LogP contribution in [0.1, 0.15) is 34.6 Å². The number of anilines is 1. The molecule has 0 aliphatic heterocycles. The Balaban J connectivity index is 2.31. The predicted molar refractivity (Wildman–Crippen MR) is 117 cm³/mol. The van der Waals surface area contributed by atoms with Crippen LogP contribution in [0.3, 0.4) is 0 Å². The third kappa shape index (κ3) is 5.91. The summed E-state index contributed by atoms with van der Waals surface area (Å²) in [6, 6.07) is 8.04. The van der Waals surface area contributed by atoms with Gasteiger partial charge in [0.1, 0.15) is 0 Å². The molecule has 8 heteroatoms. The van der Waals surface area contributed by atoms with E-state index in [0.29, 0.717) is 47.5 Å². The van der Waals surface area contributed by atoms with Crippen LogP contribution in [0.15, 0.2) is 42.6 Å². The summed E-state index contributed by atoms with van der Waals surface area (Å²) in [5, 5.41) is 3.00. The summed E-state index contributed by atoms with van der Waals surface area (Å²) in [6.45, 7) is 4.44. The Bertz CT molecular complexity index is 953. The van der Waals surface area contributed by atoms with Crippen molar-refractivity contribution in [3.05, 3.63) is 53.7 Å². The topological polar surface area (TPSA) is 92.3 Å². The highest BCUT2D eigenvalue weighted by Crippen LogP contribution is 2.37. The van der Waals surface area contributed by atoms with E-state index in [-0.39, 0.29) is 11.3 Å². The van der Waals surface area contributed by atoms with Gasteiger partial charge in [0, 0.05) is 17.8 Å². The maximum Gasteiger partial charge on any atom is 0.338 e. The van der Waals surface area contributed by atoms with Crippen LogP contribution in [0.4, 0.5) is 5.69 Å². The lowest BCUT2D eigenvalue weighted by Crippen LogP contribution is -2.07. The highest BCUT2D eigenvalue weighted by Gasteiger charge is 2.17. The summed E-state index contributed by atoms with van der Waals surface area (Å²) in [7, 11) is 4.33. The normalized spacial score (nSPS) is 10.5. The molecular weight excluding hydrogens is 402 g/mol. The number of methoxy groups -OCH3 is 3. The van der Waals surface area contributed by atoms with Crippen LogP contribution in [0.5, 0.6) is 23.0 Å². The van der Waals surface area contributed by atoms with E-state index >= 15 is 0 Å². The quantitative estimate of drug-likeness (QED) is 0.324. The van der Waals surface area contributed by atoms with Crippen molar-refractivity contribution in [1.29, 1.82) is 0 Å². The summed E-state index contributed by atoms with van der Waals surface area (Å²) in [5.74, 6) is 1.05. The van der Waals surface area contributed by atoms with Crippen molar-refractivity contribution in [3.8, 4) is 23.0 Å². The van der Waals surface area contributed by atoms with Gasteiger partial charge in [0.15, 0.2) is 28.8 Å². The first-order valence-electron chi connectivity index (χ1n) is 9.70. The van der Waals surface area contributed by atoms with Gasteiger partial charge < -0.3 is 29.0 Å². The second-order valence-corrected chi connectivity index (χ2v) is 6.12. The lowest BCUT2D eigenvalue weighted by molar-refractivity contribution is 0.0600. The minimum atomic E-state index is -0.516. The monoisotopic (exact) mass is 429 g/mol. The molecule has 0 unspecified atom stereocenters. The Labute approximate surface area is 181 Å². The van der Waals surface area contributed by atoms with Crippen LogP contribution >= 0.6 is 0 Å². The van der Waals surface area contributed by atoms with Gasteiger partial charge in [-0.05, 0) is 44.2 Å². The minimum absolute atomic E-state index is 0.249. The molecule has 0 saturated heterocycles. The van der Waals surface area contributed by atoms with Crippen molar-refractivity contribution in [2.45, 2.75) is 13.8 Å². The molecule has 0 heterocycles. The molecule has 1 N–H and O–H groups in total. The number of benzene rings is 2. The smallest absolute Gasteiger partial charge is 0.338 e. The third-order valence-electron chi connectivity index (χ3n) is 4.21. The zero-order valence-corrected chi connectivity index (χ0v) is 18.3. The highest BCUT2D eigenvalue weighted by atomic mass is 16.5. The number of ether oxygens (including phenoxy) is 5. The van der Waals surface area contributed by atoms with Crippen LogP contribution in [0.2, 0.25) is 0 Å². The van der Waals surface area contributed by atoms with Gasteiger partial charge in [-0.3, -0.25) is 4.79 Å². The van der Waals surface area contributed by atoms with Gasteiger partial charge in [-0.2, -0.15) is 0 Å². The lowest BCUT2D eigenvalue weighted by atomic mass is 10.1. The van der Waals surface area contributed by atoms with Crippen molar-refractivity contribution in [1.82, 2.24) is 0 Å². The van der Waals surface area contributed by atoms with E-state index in [1.165, 1.54) is 33.6 Å². The lowest BCUT2D eigenvalue weighted by Gasteiger charge is -2.16. The molecule has 2 aromatic rings. The number of rotatable bonds is 11. The van der Waals surface area contributed by atoms with E-state index in [4.69, 9.17) is 23.7 Å². The first-order valence-corrected chi connectivity index (χ1v) is 9.70. The molecule has 0 aliphatic rings. The Morgan fingerprint density at radius 1 is 0.871 bits per heavy atom. The molecule has 2 rings (SSSR count). The van der Waals surface area contributed by atoms with E-state index < -0.39 is 5.97 Å². The largest absolute Gasteiger partial charge is 0.493 e. The molecule has 0 aliphatic carbocycles. The first-order chi connectivity index (χ1) is 15.0. The Morgan fingerprint density at radius 2 is 1.55 bits per heavy atom. The van der Waals surface area contributed by atoms with Gasteiger partial charge in [0.05, 0.1) is 45.8 Å². The number of carbonyl (C=O) groups is 2. The Kier molecular flexibility index (Phi) is 8.75. The van der Waals surface area contributed by atoms with Crippen molar-refractivity contribution in [3.63, 3.8) is 0 Å². The molecule has 0 amide bonds. The van der Waals surface area contributed by atoms with Gasteiger partial charge in [-0.1, -0.05) is 0 Å². The highest BCUT2D eigenvalue weighted by molar-refractivity contribution is 6.05. The zero-order chi connectivity index (χ0) is 22.8. The molecule has 31 heavy (non-hydrogen) atoms. The average Bonchev–Trinajstić information content (AvgIpc) is 2.79. The number of allylic oxidation sites excluding steroid dienone is 1. The molecule has 0 fully saturated rings. The molecule has 166 valence electrons. The molecule has 0 aromatic heterocycles. The van der Waals surface area contributed by atoms with Gasteiger partial charge >= 0.3 is 5.97 Å². The minimum Gasteiger partial charge on any atom is -0.493 e. The summed E-state index contributed by atoms with van der Waals surface area (Å²) in [6.07, 6.45) is 2.83. The maximum atomic E-state index is 12.6. The predicted octanol–water partition coefficient (Wildman–Crippen LogP) is 4.10. The average molecular weight is 429 g/mol. The van der Waals surface area contributed by atoms with Crippen molar-refractivity contribution in [2.24, 2.45) is 0 Å². The molecule has 2 aromatic carbocycles. The fraction of sp³-hybridized carbons (Fsp3) is 0.304. The number of hydrogen-bond donors (Lipinski definition) is 1. The van der Waals surface area contributed by atoms with Gasteiger partial charge in [-0.25, -0.2) is 4.79 Å². The number of esters is 1. The van der Waals surface area contributed by atoms with Crippen molar-refractivity contribution >= 4 is 17.4 Å². The van der Waals surface area contributed by atoms with Crippen LogP contribution in [-0.2, 0) is 4.74 Å². The summed E-state index contributed by atoms with van der Waals surface area (Å²) in [5.41, 5.74) is 1.18. The van der Waals surface area contributed by atoms with E-state index in [9.17, 15) is 9.59 Å². The molecule has 0 bridgehead atoms. The number of carbonyl (C=O) groups excluding carboxylic acids is 2. The van der Waals surface area contributed by atoms with E-state index in [1.54, 1.807) is 30.3 Å². The van der Waals surface area contributed by atoms with Crippen LogP contribution in [0.25, 0.3) is 0 Å². The second-order valence-electron chi connectivity index (χ2n) is 6.12. The van der Waals surface area contributed by atoms with Crippen molar-refractivity contribution in [2.75, 3.05) is 39.9 Å². The molecule has 0 atom stereocenters. The van der Waals surface area contributed by atoms with E-state index in [0.717, 1.165) is 0 Å². The second kappa shape index (κ2) is 11.5. The standard InChI is InChI=1S/C23H27NO7/c1-6-30-21-14-16(23(26)29-5)12-17(22(21)31-7-2)24-11-10-18(25)15-8-9-19(27-3)20(13-15)28-4/h8-14,24H,6-7H2,1-5H3/b11-10+. The zero-order valence-electron chi connectivity index (χ0n) is 18.3. The first kappa shape index (κ1) is 23.6. The fourth-order valence-electron chi connectivity index (χ4n) is 2.79. The maximum absolute atomic E-state index is 12.6. The molecule has 8 nitrogen and oxygen atoms in total. The molecular formula is C23H27NO7. The Morgan fingerprint density at radius 3 is 2.16 bits per heavy atom. The van der Waals surface area contributed by atoms with Crippen molar-refractivity contribution < 1.29 is 33.3 Å². The fourth-order valence-corrected chi connectivity index (χ4v) is 2.79. The van der Waals surface area contributed by atoms with Gasteiger partial charge in [-0.15, -0.1) is 0 Å². The molecule has 0 spiro atoms. The summed E-state index contributed by atoms with van der Waals surface area (Å²) < 4.78 is 26.5. The number of ketones is 1. The van der Waals surface area contributed by atoms with Crippen LogP contribution in [-0.4, -0.2) is 46.3 Å². The van der Waals surface area contributed by atoms with E-state index in [2.05, 4.69) is 5.32 Å². The SMILES string of the molecule is CCOc1cc(C(=O)OC)cc(N/C=C/C(=O)c2ccc(OC)c(OC)c2)c1OCC. The Hall–Kier alpha value is -3.68. The van der Waals surface area contributed by atoms with E-state index in [1.807, 2.05) is 13.8 Å². The molecule has 0 saturated carbocycles. The van der Waals surface area contributed by atoms with Gasteiger partial charge in [0.2, 0.25) is 0 Å². The number of hydrogen-bond acceptors (Lipinski definition) is 8.